The zero-order valence-corrected chi connectivity index (χ0v) is 23.3. The van der Waals surface area contributed by atoms with E-state index in [1.807, 2.05) is 12.1 Å². The Morgan fingerprint density at radius 2 is 1.93 bits per heavy atom. The van der Waals surface area contributed by atoms with E-state index in [4.69, 9.17) is 23.4 Å². The number of carbonyl (C=O) groups is 1. The minimum Gasteiger partial charge on any atom is -0.493 e. The van der Waals surface area contributed by atoms with E-state index in [9.17, 15) is 14.7 Å². The number of nitrogens with zero attached hydrogens (tertiary/aromatic N) is 3. The Morgan fingerprint density at radius 1 is 1.07 bits per heavy atom. The maximum Gasteiger partial charge on any atom is 0.341 e. The average molecular weight is 564 g/mol. The molecule has 2 aromatic carbocycles. The molecule has 1 unspecified atom stereocenters. The van der Waals surface area contributed by atoms with Crippen LogP contribution in [-0.4, -0.2) is 74.4 Å². The molecule has 2 aromatic heterocycles. The van der Waals surface area contributed by atoms with Gasteiger partial charge in [-0.25, -0.2) is 4.79 Å². The Morgan fingerprint density at radius 3 is 2.68 bits per heavy atom. The smallest absolute Gasteiger partial charge is 0.341 e. The average Bonchev–Trinajstić information content (AvgIpc) is 3.61. The molecule has 0 bridgehead atoms. The quantitative estimate of drug-likeness (QED) is 0.248. The van der Waals surface area contributed by atoms with E-state index in [1.54, 1.807) is 43.1 Å². The SMILES string of the molecule is COCCCOc1ccc(-c2cc(=O)c(C(=O)O)cn2-c2ccc3nc(N4CCCC4COC)oc3c2)cc1OC. The highest BCUT2D eigenvalue weighted by Crippen LogP contribution is 2.34. The van der Waals surface area contributed by atoms with Gasteiger partial charge in [-0.3, -0.25) is 4.79 Å². The van der Waals surface area contributed by atoms with Crippen LogP contribution in [0.1, 0.15) is 29.6 Å². The number of pyridine rings is 1. The predicted molar refractivity (Wildman–Crippen MR) is 153 cm³/mol. The van der Waals surface area contributed by atoms with Gasteiger partial charge >= 0.3 is 5.97 Å². The lowest BCUT2D eigenvalue weighted by Gasteiger charge is -2.21. The molecule has 4 aromatic rings. The fourth-order valence-electron chi connectivity index (χ4n) is 5.09. The van der Waals surface area contributed by atoms with Crippen molar-refractivity contribution in [3.8, 4) is 28.4 Å². The molecule has 1 fully saturated rings. The Balaban J connectivity index is 1.56. The second-order valence-corrected chi connectivity index (χ2v) is 9.77. The normalized spacial score (nSPS) is 15.0. The molecular weight excluding hydrogens is 530 g/mol. The van der Waals surface area contributed by atoms with Gasteiger partial charge in [0.15, 0.2) is 22.5 Å². The molecule has 11 nitrogen and oxygen atoms in total. The molecule has 216 valence electrons. The molecule has 0 aliphatic carbocycles. The van der Waals surface area contributed by atoms with Crippen molar-refractivity contribution in [1.82, 2.24) is 9.55 Å². The first-order valence-electron chi connectivity index (χ1n) is 13.4. The van der Waals surface area contributed by atoms with Crippen LogP contribution in [0.4, 0.5) is 6.01 Å². The van der Waals surface area contributed by atoms with Crippen molar-refractivity contribution in [2.24, 2.45) is 0 Å². The molecule has 0 saturated carbocycles. The second kappa shape index (κ2) is 12.4. The standard InChI is InChI=1S/C30H33N3O8/c1-37-12-5-13-40-26-10-7-19(14-28(26)39-3)24-16-25(34)22(29(35)36)17-33(24)20-8-9-23-27(15-20)41-30(31-23)32-11-4-6-21(32)18-38-2/h7-10,14-17,21H,4-6,11-13,18H2,1-3H3,(H,35,36). The van der Waals surface area contributed by atoms with Crippen molar-refractivity contribution < 1.29 is 33.3 Å². The van der Waals surface area contributed by atoms with Crippen LogP contribution >= 0.6 is 0 Å². The van der Waals surface area contributed by atoms with Crippen LogP contribution in [0.5, 0.6) is 11.5 Å². The van der Waals surface area contributed by atoms with Gasteiger partial charge in [0, 0.05) is 63.4 Å². The summed E-state index contributed by atoms with van der Waals surface area (Å²) < 4.78 is 29.7. The molecule has 1 atom stereocenters. The Bertz CT molecular complexity index is 1590. The van der Waals surface area contributed by atoms with Gasteiger partial charge < -0.3 is 37.9 Å². The molecule has 0 radical (unpaired) electrons. The first-order valence-corrected chi connectivity index (χ1v) is 13.4. The first kappa shape index (κ1) is 28.2. The second-order valence-electron chi connectivity index (χ2n) is 9.77. The van der Waals surface area contributed by atoms with Crippen LogP contribution in [0.2, 0.25) is 0 Å². The van der Waals surface area contributed by atoms with Gasteiger partial charge in [-0.2, -0.15) is 4.98 Å². The number of rotatable bonds is 12. The number of anilines is 1. The van der Waals surface area contributed by atoms with E-state index in [2.05, 4.69) is 9.88 Å². The number of hydrogen-bond acceptors (Lipinski definition) is 9. The fourth-order valence-corrected chi connectivity index (χ4v) is 5.09. The summed E-state index contributed by atoms with van der Waals surface area (Å²) in [6.07, 6.45) is 4.07. The minimum atomic E-state index is -1.31. The van der Waals surface area contributed by atoms with Crippen LogP contribution < -0.4 is 19.8 Å². The number of hydrogen-bond donors (Lipinski definition) is 1. The largest absolute Gasteiger partial charge is 0.493 e. The van der Waals surface area contributed by atoms with Crippen LogP contribution in [0, 0.1) is 0 Å². The van der Waals surface area contributed by atoms with Gasteiger partial charge in [-0.15, -0.1) is 0 Å². The summed E-state index contributed by atoms with van der Waals surface area (Å²) in [5.41, 5.74) is 1.97. The topological polar surface area (TPSA) is 125 Å². The number of aromatic nitrogens is 2. The van der Waals surface area contributed by atoms with Crippen molar-refractivity contribution >= 4 is 23.1 Å². The zero-order valence-electron chi connectivity index (χ0n) is 23.3. The van der Waals surface area contributed by atoms with Crippen LogP contribution in [0.15, 0.2) is 57.9 Å². The van der Waals surface area contributed by atoms with Crippen LogP contribution in [0.3, 0.4) is 0 Å². The van der Waals surface area contributed by atoms with E-state index < -0.39 is 11.4 Å². The molecule has 5 rings (SSSR count). The molecule has 11 heteroatoms. The number of carboxylic acid groups (broad SMARTS) is 1. The summed E-state index contributed by atoms with van der Waals surface area (Å²) in [5.74, 6) is -0.283. The van der Waals surface area contributed by atoms with Gasteiger partial charge in [-0.05, 0) is 43.2 Å². The van der Waals surface area contributed by atoms with Gasteiger partial charge in [0.05, 0.1) is 32.1 Å². The first-order chi connectivity index (χ1) is 19.9. The lowest BCUT2D eigenvalue weighted by Crippen LogP contribution is -2.32. The van der Waals surface area contributed by atoms with Crippen molar-refractivity contribution in [2.45, 2.75) is 25.3 Å². The fraction of sp³-hybridized carbons (Fsp3) is 0.367. The summed E-state index contributed by atoms with van der Waals surface area (Å²) in [5, 5.41) is 9.70. The van der Waals surface area contributed by atoms with E-state index in [0.717, 1.165) is 19.4 Å². The van der Waals surface area contributed by atoms with Crippen molar-refractivity contribution in [2.75, 3.05) is 52.6 Å². The number of fused-ring (bicyclic) bond motifs is 1. The number of ether oxygens (including phenoxy) is 4. The van der Waals surface area contributed by atoms with Crippen molar-refractivity contribution in [3.63, 3.8) is 0 Å². The monoisotopic (exact) mass is 563 g/mol. The maximum absolute atomic E-state index is 12.8. The molecule has 1 aliphatic heterocycles. The molecule has 1 N–H and O–H groups in total. The van der Waals surface area contributed by atoms with E-state index >= 15 is 0 Å². The summed E-state index contributed by atoms with van der Waals surface area (Å²) in [6, 6.07) is 12.8. The van der Waals surface area contributed by atoms with Crippen LogP contribution in [-0.2, 0) is 9.47 Å². The van der Waals surface area contributed by atoms with Crippen molar-refractivity contribution in [1.29, 1.82) is 0 Å². The Hall–Kier alpha value is -4.35. The lowest BCUT2D eigenvalue weighted by molar-refractivity contribution is 0.0695. The Labute approximate surface area is 236 Å². The predicted octanol–water partition coefficient (Wildman–Crippen LogP) is 4.38. The maximum atomic E-state index is 12.8. The van der Waals surface area contributed by atoms with E-state index in [0.29, 0.717) is 71.8 Å². The molecule has 1 aliphatic rings. The molecule has 1 saturated heterocycles. The third-order valence-corrected chi connectivity index (χ3v) is 7.11. The molecule has 0 spiro atoms. The summed E-state index contributed by atoms with van der Waals surface area (Å²) in [6.45, 7) is 2.44. The lowest BCUT2D eigenvalue weighted by atomic mass is 10.1. The molecule has 41 heavy (non-hydrogen) atoms. The van der Waals surface area contributed by atoms with Gasteiger partial charge in [0.25, 0.3) is 6.01 Å². The highest BCUT2D eigenvalue weighted by atomic mass is 16.5. The molecule has 3 heterocycles. The van der Waals surface area contributed by atoms with E-state index in [1.165, 1.54) is 19.4 Å². The minimum absolute atomic E-state index is 0.193. The number of aromatic carboxylic acids is 1. The van der Waals surface area contributed by atoms with Gasteiger partial charge in [0.2, 0.25) is 0 Å². The van der Waals surface area contributed by atoms with Gasteiger partial charge in [-0.1, -0.05) is 0 Å². The molecule has 0 amide bonds. The summed E-state index contributed by atoms with van der Waals surface area (Å²) >= 11 is 0. The number of methoxy groups -OCH3 is 3. The highest BCUT2D eigenvalue weighted by molar-refractivity contribution is 5.88. The van der Waals surface area contributed by atoms with Gasteiger partial charge in [0.1, 0.15) is 11.1 Å². The number of oxazole rings is 1. The third-order valence-electron chi connectivity index (χ3n) is 7.11. The van der Waals surface area contributed by atoms with Crippen LogP contribution in [0.25, 0.3) is 28.0 Å². The molecular formula is C30H33N3O8. The Kier molecular flexibility index (Phi) is 8.55. The summed E-state index contributed by atoms with van der Waals surface area (Å²) in [7, 11) is 4.85. The number of carboxylic acids is 1. The number of benzene rings is 2. The zero-order chi connectivity index (χ0) is 28.9. The third kappa shape index (κ3) is 5.91. The highest BCUT2D eigenvalue weighted by Gasteiger charge is 2.28. The van der Waals surface area contributed by atoms with Crippen molar-refractivity contribution in [3.05, 3.63) is 64.4 Å². The summed E-state index contributed by atoms with van der Waals surface area (Å²) in [4.78, 5) is 31.5. The van der Waals surface area contributed by atoms with E-state index in [-0.39, 0.29) is 11.6 Å².